The Bertz CT molecular complexity index is 1630. The van der Waals surface area contributed by atoms with Gasteiger partial charge in [-0.2, -0.15) is 0 Å². The summed E-state index contributed by atoms with van der Waals surface area (Å²) in [5, 5.41) is 13.6. The molecule has 1 unspecified atom stereocenters. The fourth-order valence-corrected chi connectivity index (χ4v) is 8.24. The van der Waals surface area contributed by atoms with Crippen molar-refractivity contribution >= 4 is 28.6 Å². The Balaban J connectivity index is 1.46. The minimum absolute atomic E-state index is 0.0103. The average Bonchev–Trinajstić information content (AvgIpc) is 3.81. The average molecular weight is 750 g/mol. The van der Waals surface area contributed by atoms with Crippen LogP contribution < -0.4 is 16.0 Å². The molecular formula is C41H63N7O6. The van der Waals surface area contributed by atoms with Crippen molar-refractivity contribution in [1.82, 2.24) is 30.7 Å². The third-order valence-electron chi connectivity index (χ3n) is 11.5. The van der Waals surface area contributed by atoms with Crippen molar-refractivity contribution in [2.45, 2.75) is 117 Å². The molecule has 1 saturated heterocycles. The Morgan fingerprint density at radius 3 is 2.43 bits per heavy atom. The lowest BCUT2D eigenvalue weighted by Crippen LogP contribution is -2.59. The second kappa shape index (κ2) is 19.5. The van der Waals surface area contributed by atoms with E-state index in [0.29, 0.717) is 31.6 Å². The maximum Gasteiger partial charge on any atom is 0.275 e. The molecule has 2 aliphatic heterocycles. The van der Waals surface area contributed by atoms with Gasteiger partial charge in [-0.1, -0.05) is 73.1 Å². The molecule has 0 bridgehead atoms. The van der Waals surface area contributed by atoms with Gasteiger partial charge in [0, 0.05) is 50.4 Å². The fourth-order valence-electron chi connectivity index (χ4n) is 8.24. The van der Waals surface area contributed by atoms with Gasteiger partial charge in [0.25, 0.3) is 5.88 Å². The van der Waals surface area contributed by atoms with E-state index in [-0.39, 0.29) is 47.4 Å². The van der Waals surface area contributed by atoms with E-state index < -0.39 is 36.3 Å². The first kappa shape index (κ1) is 42.6. The van der Waals surface area contributed by atoms with Gasteiger partial charge in [-0.15, -0.1) is 4.91 Å². The predicted molar refractivity (Wildman–Crippen MR) is 211 cm³/mol. The first-order chi connectivity index (χ1) is 25.8. The Morgan fingerprint density at radius 1 is 1.07 bits per heavy atom. The molecule has 1 fully saturated rings. The number of likely N-dealkylation sites (N-methyl/N-ethyl adjacent to an activating group) is 2. The minimum atomic E-state index is -0.746. The number of methoxy groups -OCH3 is 1. The lowest BCUT2D eigenvalue weighted by molar-refractivity contribution is -0.142. The number of ether oxygens (including phenoxy) is 2. The van der Waals surface area contributed by atoms with Gasteiger partial charge in [-0.25, -0.2) is 0 Å². The summed E-state index contributed by atoms with van der Waals surface area (Å²) in [5.74, 6) is -1.11. The number of pyridine rings is 1. The molecule has 0 saturated carbocycles. The van der Waals surface area contributed by atoms with Crippen LogP contribution in [0.1, 0.15) is 79.7 Å². The van der Waals surface area contributed by atoms with E-state index in [9.17, 15) is 19.3 Å². The van der Waals surface area contributed by atoms with E-state index in [2.05, 4.69) is 57.0 Å². The molecule has 4 rings (SSSR count). The summed E-state index contributed by atoms with van der Waals surface area (Å²) in [6.07, 6.45) is 4.22. The van der Waals surface area contributed by atoms with Crippen LogP contribution in [0.4, 0.5) is 0 Å². The van der Waals surface area contributed by atoms with E-state index >= 15 is 0 Å². The summed E-state index contributed by atoms with van der Waals surface area (Å²) >= 11 is 0. The number of nitroso groups, excluding NO2 is 1. The summed E-state index contributed by atoms with van der Waals surface area (Å²) < 4.78 is 12.4. The molecule has 1 aromatic heterocycles. The van der Waals surface area contributed by atoms with E-state index in [1.807, 2.05) is 52.8 Å². The molecule has 298 valence electrons. The molecule has 2 aromatic rings. The zero-order valence-electron chi connectivity index (χ0n) is 33.9. The standard InChI is InChI=1S/C41H63N7O6/c1-11-26(6)36(47(9)41(51)35(25(4)5)45-39(50)34(42-8)24(2)3)33-23-32(40(46-52)54-33)48-21-13-15-31(48)37(53-10)27(7)38(49)44-20-18-28-16-17-29-14-12-19-43-30(29)22-28/h12,14,16-17,19,22,24-27,31,33-37,42H,11,13,15,18,20-21,23H2,1-10H3,(H,44,49)(H,45,50)/t26-,27+,31-,33+,34-,35-,36?,37+/m0/s1. The second-order valence-electron chi connectivity index (χ2n) is 15.7. The number of hydrogen-bond acceptors (Lipinski definition) is 10. The molecule has 8 atom stereocenters. The van der Waals surface area contributed by atoms with Crippen LogP contribution in [0.5, 0.6) is 0 Å². The molecule has 2 aliphatic rings. The third kappa shape index (κ3) is 9.76. The Hall–Kier alpha value is -4.10. The highest BCUT2D eigenvalue weighted by atomic mass is 16.5. The van der Waals surface area contributed by atoms with E-state index in [0.717, 1.165) is 35.7 Å². The van der Waals surface area contributed by atoms with Crippen LogP contribution >= 0.6 is 0 Å². The Labute approximate surface area is 321 Å². The molecule has 0 spiro atoms. The van der Waals surface area contributed by atoms with Crippen LogP contribution in [0.15, 0.2) is 53.3 Å². The molecule has 13 nitrogen and oxygen atoms in total. The Kier molecular flexibility index (Phi) is 15.4. The monoisotopic (exact) mass is 749 g/mol. The van der Waals surface area contributed by atoms with Crippen LogP contribution in [0, 0.1) is 28.6 Å². The van der Waals surface area contributed by atoms with Crippen LogP contribution in [-0.4, -0.2) is 103 Å². The Morgan fingerprint density at radius 2 is 1.80 bits per heavy atom. The zero-order chi connectivity index (χ0) is 39.7. The van der Waals surface area contributed by atoms with Crippen molar-refractivity contribution in [3.8, 4) is 0 Å². The van der Waals surface area contributed by atoms with Crippen LogP contribution in [0.3, 0.4) is 0 Å². The number of carbonyl (C=O) groups is 3. The number of hydrogen-bond donors (Lipinski definition) is 3. The number of rotatable bonds is 19. The summed E-state index contributed by atoms with van der Waals surface area (Å²) in [5.41, 5.74) is 2.69. The van der Waals surface area contributed by atoms with Crippen molar-refractivity contribution in [1.29, 1.82) is 0 Å². The maximum absolute atomic E-state index is 14.2. The molecule has 0 aliphatic carbocycles. The van der Waals surface area contributed by atoms with Gasteiger partial charge < -0.3 is 35.2 Å². The predicted octanol–water partition coefficient (Wildman–Crippen LogP) is 4.99. The summed E-state index contributed by atoms with van der Waals surface area (Å²) in [4.78, 5) is 61.6. The van der Waals surface area contributed by atoms with Gasteiger partial charge in [0.2, 0.25) is 17.7 Å². The number of carbonyl (C=O) groups excluding carboxylic acids is 3. The van der Waals surface area contributed by atoms with Gasteiger partial charge in [0.1, 0.15) is 12.1 Å². The summed E-state index contributed by atoms with van der Waals surface area (Å²) in [6, 6.07) is 8.33. The van der Waals surface area contributed by atoms with Gasteiger partial charge in [-0.3, -0.25) is 19.4 Å². The largest absolute Gasteiger partial charge is 0.468 e. The molecule has 13 heteroatoms. The van der Waals surface area contributed by atoms with E-state index in [1.54, 1.807) is 32.3 Å². The van der Waals surface area contributed by atoms with Gasteiger partial charge in [-0.05, 0) is 61.8 Å². The van der Waals surface area contributed by atoms with E-state index in [1.165, 1.54) is 0 Å². The number of benzene rings is 1. The number of fused-ring (bicyclic) bond motifs is 1. The van der Waals surface area contributed by atoms with Gasteiger partial charge >= 0.3 is 0 Å². The molecule has 1 aromatic carbocycles. The van der Waals surface area contributed by atoms with Gasteiger partial charge in [0.05, 0.1) is 41.4 Å². The molecule has 3 N–H and O–H groups in total. The molecular weight excluding hydrogens is 686 g/mol. The smallest absolute Gasteiger partial charge is 0.275 e. The number of nitrogens with zero attached hydrogens (tertiary/aromatic N) is 4. The summed E-state index contributed by atoms with van der Waals surface area (Å²) in [7, 11) is 5.12. The molecule has 54 heavy (non-hydrogen) atoms. The zero-order valence-corrected chi connectivity index (χ0v) is 33.9. The van der Waals surface area contributed by atoms with Crippen LogP contribution in [-0.2, 0) is 30.3 Å². The SMILES string of the molecule is CC[C@H](C)C([C@H]1CC(N2CCC[C@H]2[C@H](OC)[C@@H](C)C(=O)NCCc2ccc3cccnc3c2)=C(N=O)O1)N(C)C(=O)[C@@H](NC(=O)[C@@H](NC)C(C)C)C(C)C. The molecule has 0 radical (unpaired) electrons. The summed E-state index contributed by atoms with van der Waals surface area (Å²) in [6.45, 7) is 14.9. The second-order valence-corrected chi connectivity index (χ2v) is 15.7. The van der Waals surface area contributed by atoms with Gasteiger partial charge in [0.15, 0.2) is 0 Å². The van der Waals surface area contributed by atoms with Crippen molar-refractivity contribution in [2.75, 3.05) is 34.3 Å². The highest BCUT2D eigenvalue weighted by Crippen LogP contribution is 2.39. The van der Waals surface area contributed by atoms with Crippen molar-refractivity contribution in [3.05, 3.63) is 58.6 Å². The highest BCUT2D eigenvalue weighted by Gasteiger charge is 2.46. The number of nitrogens with one attached hydrogen (secondary N) is 3. The van der Waals surface area contributed by atoms with Crippen molar-refractivity contribution in [3.63, 3.8) is 0 Å². The minimum Gasteiger partial charge on any atom is -0.468 e. The highest BCUT2D eigenvalue weighted by molar-refractivity contribution is 5.90. The number of amides is 3. The number of likely N-dealkylation sites (tertiary alicyclic amines) is 1. The molecule has 3 heterocycles. The first-order valence-electron chi connectivity index (χ1n) is 19.7. The normalized spacial score (nSPS) is 20.7. The maximum atomic E-state index is 14.2. The lowest BCUT2D eigenvalue weighted by atomic mass is 9.89. The van der Waals surface area contributed by atoms with Crippen LogP contribution in [0.2, 0.25) is 0 Å². The van der Waals surface area contributed by atoms with E-state index in [4.69, 9.17) is 9.47 Å². The van der Waals surface area contributed by atoms with Crippen molar-refractivity contribution < 1.29 is 23.9 Å². The van der Waals surface area contributed by atoms with Crippen molar-refractivity contribution in [2.24, 2.45) is 28.8 Å². The third-order valence-corrected chi connectivity index (χ3v) is 11.5. The lowest BCUT2D eigenvalue weighted by Gasteiger charge is -2.39. The quantitative estimate of drug-likeness (QED) is 0.169. The fraction of sp³-hybridized carbons (Fsp3) is 0.659. The first-order valence-corrected chi connectivity index (χ1v) is 19.7. The van der Waals surface area contributed by atoms with Crippen LogP contribution in [0.25, 0.3) is 10.9 Å². The molecule has 3 amide bonds. The topological polar surface area (TPSA) is 155 Å². The number of aromatic nitrogens is 1.